The predicted molar refractivity (Wildman–Crippen MR) is 120 cm³/mol. The first-order valence-electron chi connectivity index (χ1n) is 9.84. The number of nitrogens with one attached hydrogen (secondary N) is 2. The molecule has 2 aromatic carbocycles. The van der Waals surface area contributed by atoms with Crippen molar-refractivity contribution in [3.8, 4) is 17.1 Å². The van der Waals surface area contributed by atoms with Crippen molar-refractivity contribution in [3.05, 3.63) is 66.2 Å². The molecular weight excluding hydrogens is 362 g/mol. The van der Waals surface area contributed by atoms with Crippen LogP contribution in [0.15, 0.2) is 60.7 Å². The lowest BCUT2D eigenvalue weighted by Crippen LogP contribution is -2.21. The van der Waals surface area contributed by atoms with E-state index in [1.165, 1.54) is 5.56 Å². The highest BCUT2D eigenvalue weighted by Gasteiger charge is 2.08. The van der Waals surface area contributed by atoms with Crippen molar-refractivity contribution < 1.29 is 4.74 Å². The highest BCUT2D eigenvalue weighted by Crippen LogP contribution is 2.21. The van der Waals surface area contributed by atoms with Crippen LogP contribution < -0.4 is 15.4 Å². The lowest BCUT2D eigenvalue weighted by molar-refractivity contribution is 0.410. The number of hydrogen-bond donors (Lipinski definition) is 2. The number of rotatable bonds is 10. The molecule has 0 aliphatic carbocycles. The largest absolute Gasteiger partial charge is 0.496 e. The second kappa shape index (κ2) is 10.4. The number of ether oxygens (including phenoxy) is 1. The van der Waals surface area contributed by atoms with Gasteiger partial charge in [0.25, 0.3) is 0 Å². The molecule has 2 N–H and O–H groups in total. The van der Waals surface area contributed by atoms with Crippen molar-refractivity contribution in [1.29, 1.82) is 0 Å². The quantitative estimate of drug-likeness (QED) is 0.548. The monoisotopic (exact) mass is 391 g/mol. The van der Waals surface area contributed by atoms with Gasteiger partial charge in [0, 0.05) is 31.3 Å². The highest BCUT2D eigenvalue weighted by molar-refractivity contribution is 5.61. The Bertz CT molecular complexity index is 899. The fourth-order valence-corrected chi connectivity index (χ4v) is 2.99. The van der Waals surface area contributed by atoms with Gasteiger partial charge in [-0.3, -0.25) is 0 Å². The molecule has 0 aliphatic rings. The van der Waals surface area contributed by atoms with Gasteiger partial charge in [0.05, 0.1) is 7.11 Å². The summed E-state index contributed by atoms with van der Waals surface area (Å²) in [4.78, 5) is 11.5. The topological polar surface area (TPSA) is 62.3 Å². The summed E-state index contributed by atoms with van der Waals surface area (Å²) >= 11 is 0. The summed E-state index contributed by atoms with van der Waals surface area (Å²) in [6, 6.07) is 20.1. The molecule has 1 aromatic heterocycles. The van der Waals surface area contributed by atoms with Crippen LogP contribution in [-0.4, -0.2) is 55.7 Å². The third-order valence-electron chi connectivity index (χ3n) is 4.52. The number of benzene rings is 2. The maximum absolute atomic E-state index is 5.44. The Morgan fingerprint density at radius 3 is 2.21 bits per heavy atom. The van der Waals surface area contributed by atoms with Crippen LogP contribution in [0.5, 0.6) is 5.75 Å². The Morgan fingerprint density at radius 1 is 0.862 bits per heavy atom. The number of aromatic nitrogens is 2. The van der Waals surface area contributed by atoms with Gasteiger partial charge in [0.2, 0.25) is 0 Å². The van der Waals surface area contributed by atoms with Gasteiger partial charge in [-0.25, -0.2) is 9.97 Å². The minimum atomic E-state index is 0.709. The zero-order chi connectivity index (χ0) is 20.5. The maximum Gasteiger partial charge on any atom is 0.163 e. The van der Waals surface area contributed by atoms with Crippen molar-refractivity contribution >= 4 is 11.6 Å². The van der Waals surface area contributed by atoms with E-state index in [0.29, 0.717) is 5.82 Å². The molecule has 6 heteroatoms. The molecule has 0 radical (unpaired) electrons. The Morgan fingerprint density at radius 2 is 1.52 bits per heavy atom. The first-order chi connectivity index (χ1) is 14.2. The molecule has 0 unspecified atom stereocenters. The summed E-state index contributed by atoms with van der Waals surface area (Å²) in [5.74, 6) is 3.25. The Labute approximate surface area is 173 Å². The van der Waals surface area contributed by atoms with Gasteiger partial charge in [-0.1, -0.05) is 48.5 Å². The minimum Gasteiger partial charge on any atom is -0.496 e. The van der Waals surface area contributed by atoms with Gasteiger partial charge in [0.15, 0.2) is 5.82 Å². The van der Waals surface area contributed by atoms with Gasteiger partial charge in [-0.15, -0.1) is 0 Å². The van der Waals surface area contributed by atoms with Crippen molar-refractivity contribution in [2.45, 2.75) is 6.42 Å². The average Bonchev–Trinajstić information content (AvgIpc) is 2.74. The summed E-state index contributed by atoms with van der Waals surface area (Å²) in [5.41, 5.74) is 2.17. The van der Waals surface area contributed by atoms with E-state index in [1.807, 2.05) is 54.6 Å². The smallest absolute Gasteiger partial charge is 0.163 e. The molecule has 3 aromatic rings. The fraction of sp³-hybridized carbons (Fsp3) is 0.304. The molecule has 0 saturated heterocycles. The number of hydrogen-bond acceptors (Lipinski definition) is 6. The van der Waals surface area contributed by atoms with E-state index in [2.05, 4.69) is 35.7 Å². The molecule has 6 nitrogen and oxygen atoms in total. The standard InChI is InChI=1S/C23H29N5O/c1-28(2)16-15-25-22-17-21(26-23(27-22)19-10-5-4-6-11-19)24-14-13-18-9-7-8-12-20(18)29-3/h4-12,17H,13-16H2,1-3H3,(H2,24,25,26,27). The van der Waals surface area contributed by atoms with Crippen molar-refractivity contribution in [3.63, 3.8) is 0 Å². The van der Waals surface area contributed by atoms with Crippen LogP contribution in [0.4, 0.5) is 11.6 Å². The van der Waals surface area contributed by atoms with Gasteiger partial charge >= 0.3 is 0 Å². The van der Waals surface area contributed by atoms with Crippen molar-refractivity contribution in [2.24, 2.45) is 0 Å². The van der Waals surface area contributed by atoms with E-state index < -0.39 is 0 Å². The second-order valence-electron chi connectivity index (χ2n) is 7.05. The van der Waals surface area contributed by atoms with Gasteiger partial charge in [0.1, 0.15) is 17.4 Å². The van der Waals surface area contributed by atoms with Crippen molar-refractivity contribution in [2.75, 3.05) is 51.5 Å². The maximum atomic E-state index is 5.44. The first kappa shape index (κ1) is 20.6. The lowest BCUT2D eigenvalue weighted by atomic mass is 10.1. The van der Waals surface area contributed by atoms with E-state index in [4.69, 9.17) is 14.7 Å². The van der Waals surface area contributed by atoms with E-state index in [0.717, 1.165) is 49.0 Å². The molecular formula is C23H29N5O. The summed E-state index contributed by atoms with van der Waals surface area (Å²) in [6.07, 6.45) is 0.845. The predicted octanol–water partition coefficient (Wildman–Crippen LogP) is 3.78. The Balaban J connectivity index is 1.73. The fourth-order valence-electron chi connectivity index (χ4n) is 2.99. The zero-order valence-electron chi connectivity index (χ0n) is 17.4. The van der Waals surface area contributed by atoms with Crippen LogP contribution in [0, 0.1) is 0 Å². The van der Waals surface area contributed by atoms with Gasteiger partial charge in [-0.2, -0.15) is 0 Å². The number of likely N-dealkylation sites (N-methyl/N-ethyl adjacent to an activating group) is 1. The molecule has 0 saturated carbocycles. The molecule has 152 valence electrons. The van der Waals surface area contributed by atoms with Crippen LogP contribution in [-0.2, 0) is 6.42 Å². The normalized spacial score (nSPS) is 10.8. The van der Waals surface area contributed by atoms with Crippen LogP contribution in [0.2, 0.25) is 0 Å². The van der Waals surface area contributed by atoms with Crippen LogP contribution in [0.25, 0.3) is 11.4 Å². The highest BCUT2D eigenvalue weighted by atomic mass is 16.5. The molecule has 0 aliphatic heterocycles. The molecule has 3 rings (SSSR count). The second-order valence-corrected chi connectivity index (χ2v) is 7.05. The number of methoxy groups -OCH3 is 1. The zero-order valence-corrected chi connectivity index (χ0v) is 17.4. The van der Waals surface area contributed by atoms with E-state index in [-0.39, 0.29) is 0 Å². The number of anilines is 2. The minimum absolute atomic E-state index is 0.709. The van der Waals surface area contributed by atoms with Crippen LogP contribution in [0.1, 0.15) is 5.56 Å². The van der Waals surface area contributed by atoms with Gasteiger partial charge in [-0.05, 0) is 32.1 Å². The molecule has 0 spiro atoms. The van der Waals surface area contributed by atoms with Crippen molar-refractivity contribution in [1.82, 2.24) is 14.9 Å². The molecule has 0 atom stereocenters. The first-order valence-corrected chi connectivity index (χ1v) is 9.84. The van der Waals surface area contributed by atoms with E-state index in [9.17, 15) is 0 Å². The third-order valence-corrected chi connectivity index (χ3v) is 4.52. The SMILES string of the molecule is COc1ccccc1CCNc1cc(NCCN(C)C)nc(-c2ccccc2)n1. The van der Waals surface area contributed by atoms with Crippen LogP contribution >= 0.6 is 0 Å². The molecule has 1 heterocycles. The number of para-hydroxylation sites is 1. The Kier molecular flexibility index (Phi) is 7.41. The van der Waals surface area contributed by atoms with E-state index in [1.54, 1.807) is 7.11 Å². The third kappa shape index (κ3) is 6.19. The summed E-state index contributed by atoms with van der Waals surface area (Å²) < 4.78 is 5.44. The molecule has 0 fully saturated rings. The average molecular weight is 392 g/mol. The summed E-state index contributed by atoms with van der Waals surface area (Å²) in [5, 5.41) is 6.84. The van der Waals surface area contributed by atoms with E-state index >= 15 is 0 Å². The Hall–Kier alpha value is -3.12. The molecule has 0 amide bonds. The van der Waals surface area contributed by atoms with Gasteiger partial charge < -0.3 is 20.3 Å². The molecule has 29 heavy (non-hydrogen) atoms. The summed E-state index contributed by atoms with van der Waals surface area (Å²) in [6.45, 7) is 2.50. The number of nitrogens with zero attached hydrogens (tertiary/aromatic N) is 3. The van der Waals surface area contributed by atoms with Crippen LogP contribution in [0.3, 0.4) is 0 Å². The summed E-state index contributed by atoms with van der Waals surface area (Å²) in [7, 11) is 5.82. The molecule has 0 bridgehead atoms. The lowest BCUT2D eigenvalue weighted by Gasteiger charge is -2.14.